The van der Waals surface area contributed by atoms with Crippen LogP contribution in [0.4, 0.5) is 0 Å². The zero-order valence-corrected chi connectivity index (χ0v) is 18.5. The zero-order chi connectivity index (χ0) is 19.7. The summed E-state index contributed by atoms with van der Waals surface area (Å²) in [4.78, 5) is 12.5. The van der Waals surface area contributed by atoms with E-state index in [4.69, 9.17) is 9.26 Å². The minimum Gasteiger partial charge on any atom is -0.424 e. The third-order valence-electron chi connectivity index (χ3n) is 4.98. The number of rotatable bonds is 16. The monoisotopic (exact) mass is 394 g/mol. The minimum absolute atomic E-state index is 0.284. The van der Waals surface area contributed by atoms with Crippen LogP contribution in [0.15, 0.2) is 24.3 Å². The van der Waals surface area contributed by atoms with E-state index in [1.807, 2.05) is 18.2 Å². The van der Waals surface area contributed by atoms with E-state index in [-0.39, 0.29) is 5.97 Å². The molecule has 154 valence electrons. The molecule has 0 amide bonds. The van der Waals surface area contributed by atoms with Gasteiger partial charge in [0.15, 0.2) is 6.10 Å². The second kappa shape index (κ2) is 16.1. The SMILES string of the molecule is CCCCCCCCCc1ccccc1OC(=O)C(CCCCCC)OP. The Labute approximate surface area is 168 Å². The van der Waals surface area contributed by atoms with Gasteiger partial charge in [-0.25, -0.2) is 4.79 Å². The van der Waals surface area contributed by atoms with Gasteiger partial charge >= 0.3 is 5.97 Å². The number of benzene rings is 1. The van der Waals surface area contributed by atoms with E-state index in [2.05, 4.69) is 29.4 Å². The first-order valence-electron chi connectivity index (χ1n) is 10.9. The molecule has 0 aliphatic rings. The summed E-state index contributed by atoms with van der Waals surface area (Å²) in [6.07, 6.45) is 14.6. The van der Waals surface area contributed by atoms with Crippen LogP contribution in [0.3, 0.4) is 0 Å². The van der Waals surface area contributed by atoms with Gasteiger partial charge in [0.2, 0.25) is 0 Å². The van der Waals surface area contributed by atoms with Crippen LogP contribution in [0.25, 0.3) is 0 Å². The number of carbonyl (C=O) groups excluding carboxylic acids is 1. The van der Waals surface area contributed by atoms with Crippen LogP contribution in [0, 0.1) is 0 Å². The van der Waals surface area contributed by atoms with Crippen LogP contribution in [-0.4, -0.2) is 12.1 Å². The fraction of sp³-hybridized carbons (Fsp3) is 0.696. The normalized spacial score (nSPS) is 12.1. The quantitative estimate of drug-likeness (QED) is 0.131. The van der Waals surface area contributed by atoms with Gasteiger partial charge in [0.05, 0.1) is 0 Å². The minimum atomic E-state index is -0.501. The van der Waals surface area contributed by atoms with E-state index in [9.17, 15) is 4.79 Å². The van der Waals surface area contributed by atoms with Gasteiger partial charge in [-0.15, -0.1) is 0 Å². The molecule has 0 aliphatic carbocycles. The molecule has 0 saturated heterocycles. The standard InChI is InChI=1S/C23H39O3P/c1-3-5-7-9-10-11-12-16-20-17-14-15-18-21(20)25-23(24)22(26-27)19-13-8-6-4-2/h14-15,17-18,22H,3-13,16,19,27H2,1-2H3. The highest BCUT2D eigenvalue weighted by atomic mass is 31.0. The molecule has 0 aliphatic heterocycles. The second-order valence-electron chi connectivity index (χ2n) is 7.37. The molecular weight excluding hydrogens is 355 g/mol. The molecule has 0 saturated carbocycles. The van der Waals surface area contributed by atoms with Crippen molar-refractivity contribution in [3.8, 4) is 5.75 Å². The number of carbonyl (C=O) groups is 1. The van der Waals surface area contributed by atoms with E-state index in [1.165, 1.54) is 51.4 Å². The fourth-order valence-electron chi connectivity index (χ4n) is 3.25. The molecule has 4 heteroatoms. The Morgan fingerprint density at radius 1 is 0.889 bits per heavy atom. The number of unbranched alkanes of at least 4 members (excludes halogenated alkanes) is 9. The fourth-order valence-corrected chi connectivity index (χ4v) is 3.50. The van der Waals surface area contributed by atoms with Crippen molar-refractivity contribution in [3.63, 3.8) is 0 Å². The summed E-state index contributed by atoms with van der Waals surface area (Å²) in [5.41, 5.74) is 1.12. The van der Waals surface area contributed by atoms with Crippen molar-refractivity contribution in [3.05, 3.63) is 29.8 Å². The Hall–Kier alpha value is -0.920. The van der Waals surface area contributed by atoms with Crippen LogP contribution >= 0.6 is 9.47 Å². The summed E-state index contributed by atoms with van der Waals surface area (Å²) in [6.45, 7) is 4.43. The molecule has 0 spiro atoms. The molecule has 2 unspecified atom stereocenters. The molecule has 0 bridgehead atoms. The van der Waals surface area contributed by atoms with Crippen LogP contribution in [0.2, 0.25) is 0 Å². The van der Waals surface area contributed by atoms with Crippen molar-refractivity contribution in [2.45, 2.75) is 103 Å². The zero-order valence-electron chi connectivity index (χ0n) is 17.4. The van der Waals surface area contributed by atoms with Crippen molar-refractivity contribution in [1.82, 2.24) is 0 Å². The van der Waals surface area contributed by atoms with Gasteiger partial charge in [0.25, 0.3) is 0 Å². The number of aryl methyl sites for hydroxylation is 1. The van der Waals surface area contributed by atoms with Crippen LogP contribution in [0.5, 0.6) is 5.75 Å². The molecular formula is C23H39O3P. The number of hydrogen-bond donors (Lipinski definition) is 0. The van der Waals surface area contributed by atoms with Crippen LogP contribution in [0.1, 0.15) is 96.5 Å². The van der Waals surface area contributed by atoms with Crippen LogP contribution in [-0.2, 0) is 15.7 Å². The summed E-state index contributed by atoms with van der Waals surface area (Å²) in [5, 5.41) is 0. The number of ether oxygens (including phenoxy) is 1. The summed E-state index contributed by atoms with van der Waals surface area (Å²) in [5.74, 6) is 0.405. The maximum absolute atomic E-state index is 12.5. The predicted octanol–water partition coefficient (Wildman–Crippen LogP) is 7.03. The Kier molecular flexibility index (Phi) is 14.4. The maximum Gasteiger partial charge on any atom is 0.340 e. The lowest BCUT2D eigenvalue weighted by molar-refractivity contribution is -0.142. The van der Waals surface area contributed by atoms with E-state index in [0.717, 1.165) is 31.2 Å². The average Bonchev–Trinajstić information content (AvgIpc) is 2.68. The second-order valence-corrected chi connectivity index (χ2v) is 7.65. The molecule has 0 heterocycles. The van der Waals surface area contributed by atoms with Gasteiger partial charge in [-0.2, -0.15) is 0 Å². The van der Waals surface area contributed by atoms with Gasteiger partial charge < -0.3 is 9.26 Å². The predicted molar refractivity (Wildman–Crippen MR) is 117 cm³/mol. The van der Waals surface area contributed by atoms with Crippen molar-refractivity contribution in [2.24, 2.45) is 0 Å². The first kappa shape index (κ1) is 24.1. The molecule has 3 nitrogen and oxygen atoms in total. The van der Waals surface area contributed by atoms with Crippen LogP contribution < -0.4 is 4.74 Å². The molecule has 1 aromatic carbocycles. The summed E-state index contributed by atoms with van der Waals surface area (Å²) in [6, 6.07) is 7.90. The Morgan fingerprint density at radius 2 is 1.48 bits per heavy atom. The highest BCUT2D eigenvalue weighted by Crippen LogP contribution is 2.23. The molecule has 0 radical (unpaired) electrons. The number of esters is 1. The van der Waals surface area contributed by atoms with E-state index in [1.54, 1.807) is 0 Å². The molecule has 0 aromatic heterocycles. The highest BCUT2D eigenvalue weighted by molar-refractivity contribution is 7.09. The topological polar surface area (TPSA) is 35.5 Å². The molecule has 27 heavy (non-hydrogen) atoms. The van der Waals surface area contributed by atoms with Gasteiger partial charge in [-0.05, 0) is 30.9 Å². The smallest absolute Gasteiger partial charge is 0.340 e. The van der Waals surface area contributed by atoms with Gasteiger partial charge in [-0.3, -0.25) is 0 Å². The number of hydrogen-bond acceptors (Lipinski definition) is 3. The average molecular weight is 395 g/mol. The van der Waals surface area contributed by atoms with Crippen molar-refractivity contribution >= 4 is 15.4 Å². The lowest BCUT2D eigenvalue weighted by Gasteiger charge is -2.16. The van der Waals surface area contributed by atoms with Crippen molar-refractivity contribution < 1.29 is 14.1 Å². The summed E-state index contributed by atoms with van der Waals surface area (Å²) < 4.78 is 11.0. The third kappa shape index (κ3) is 10.9. The maximum atomic E-state index is 12.5. The van der Waals surface area contributed by atoms with E-state index >= 15 is 0 Å². The Bertz CT molecular complexity index is 504. The van der Waals surface area contributed by atoms with E-state index < -0.39 is 6.10 Å². The van der Waals surface area contributed by atoms with Gasteiger partial charge in [0.1, 0.15) is 5.75 Å². The lowest BCUT2D eigenvalue weighted by Crippen LogP contribution is -2.26. The van der Waals surface area contributed by atoms with Crippen molar-refractivity contribution in [2.75, 3.05) is 0 Å². The Balaban J connectivity index is 2.43. The Morgan fingerprint density at radius 3 is 2.15 bits per heavy atom. The molecule has 1 aromatic rings. The molecule has 0 fully saturated rings. The highest BCUT2D eigenvalue weighted by Gasteiger charge is 2.20. The molecule has 1 rings (SSSR count). The van der Waals surface area contributed by atoms with E-state index in [0.29, 0.717) is 12.2 Å². The van der Waals surface area contributed by atoms with Gasteiger partial charge in [-0.1, -0.05) is 96.3 Å². The molecule has 0 N–H and O–H groups in total. The summed E-state index contributed by atoms with van der Waals surface area (Å²) in [7, 11) is 2.22. The van der Waals surface area contributed by atoms with Crippen molar-refractivity contribution in [1.29, 1.82) is 0 Å². The number of para-hydroxylation sites is 1. The first-order chi connectivity index (χ1) is 13.2. The largest absolute Gasteiger partial charge is 0.424 e. The van der Waals surface area contributed by atoms with Gasteiger partial charge in [0, 0.05) is 9.47 Å². The molecule has 2 atom stereocenters. The lowest BCUT2D eigenvalue weighted by atomic mass is 10.0. The summed E-state index contributed by atoms with van der Waals surface area (Å²) >= 11 is 0. The first-order valence-corrected chi connectivity index (χ1v) is 11.3. The third-order valence-corrected chi connectivity index (χ3v) is 5.31.